The van der Waals surface area contributed by atoms with Crippen LogP contribution >= 0.6 is 0 Å². The number of hydrogen-bond donors (Lipinski definition) is 1. The topological polar surface area (TPSA) is 55.0 Å². The molecule has 1 aliphatic rings. The van der Waals surface area contributed by atoms with Crippen molar-refractivity contribution in [2.45, 2.75) is 26.2 Å². The van der Waals surface area contributed by atoms with Crippen molar-refractivity contribution in [2.24, 2.45) is 5.92 Å². The molecule has 1 atom stereocenters. The molecule has 1 aliphatic carbocycles. The Labute approximate surface area is 105 Å². The average Bonchev–Trinajstić information content (AvgIpc) is 2.76. The Bertz CT molecular complexity index is 588. The normalized spacial score (nSPS) is 18.6. The van der Waals surface area contributed by atoms with E-state index in [1.165, 1.54) is 11.3 Å². The number of ether oxygens (including phenoxy) is 1. The molecule has 0 aromatic carbocycles. The van der Waals surface area contributed by atoms with Crippen LogP contribution in [0.1, 0.15) is 24.6 Å². The molecule has 1 N–H and O–H groups in total. The SMILES string of the molecule is CCOC(=O)C1CCc2[nH]c3ccncc3c2C1. The van der Waals surface area contributed by atoms with Gasteiger partial charge in [0.15, 0.2) is 0 Å². The monoisotopic (exact) mass is 244 g/mol. The van der Waals surface area contributed by atoms with Crippen molar-refractivity contribution in [1.82, 2.24) is 9.97 Å². The van der Waals surface area contributed by atoms with Gasteiger partial charge in [-0.05, 0) is 37.8 Å². The van der Waals surface area contributed by atoms with Gasteiger partial charge in [-0.25, -0.2) is 0 Å². The lowest BCUT2D eigenvalue weighted by Crippen LogP contribution is -2.24. The Kier molecular flexibility index (Phi) is 2.78. The van der Waals surface area contributed by atoms with Crippen molar-refractivity contribution in [3.8, 4) is 0 Å². The van der Waals surface area contributed by atoms with E-state index in [-0.39, 0.29) is 11.9 Å². The first-order valence-electron chi connectivity index (χ1n) is 6.39. The van der Waals surface area contributed by atoms with E-state index in [0.717, 1.165) is 30.2 Å². The molecule has 2 heterocycles. The molecule has 0 saturated carbocycles. The van der Waals surface area contributed by atoms with Gasteiger partial charge in [0, 0.05) is 29.0 Å². The standard InChI is InChI=1S/C14H16N2O2/c1-2-18-14(17)9-3-4-12-10(7-9)11-8-15-6-5-13(11)16-12/h5-6,8-9,16H,2-4,7H2,1H3. The van der Waals surface area contributed by atoms with Gasteiger partial charge in [-0.1, -0.05) is 0 Å². The summed E-state index contributed by atoms with van der Waals surface area (Å²) in [7, 11) is 0. The number of aromatic amines is 1. The van der Waals surface area contributed by atoms with Crippen LogP contribution < -0.4 is 0 Å². The summed E-state index contributed by atoms with van der Waals surface area (Å²) >= 11 is 0. The average molecular weight is 244 g/mol. The highest BCUT2D eigenvalue weighted by Crippen LogP contribution is 2.31. The first-order chi connectivity index (χ1) is 8.79. The smallest absolute Gasteiger partial charge is 0.309 e. The minimum Gasteiger partial charge on any atom is -0.466 e. The van der Waals surface area contributed by atoms with E-state index in [4.69, 9.17) is 4.74 Å². The molecule has 3 rings (SSSR count). The minimum atomic E-state index is -0.0682. The van der Waals surface area contributed by atoms with Gasteiger partial charge >= 0.3 is 5.97 Å². The van der Waals surface area contributed by atoms with Crippen LogP contribution in [-0.2, 0) is 22.4 Å². The third kappa shape index (κ3) is 1.78. The Balaban J connectivity index is 1.94. The summed E-state index contributed by atoms with van der Waals surface area (Å²) in [6.45, 7) is 2.30. The lowest BCUT2D eigenvalue weighted by molar-refractivity contribution is -0.148. The molecule has 0 aliphatic heterocycles. The van der Waals surface area contributed by atoms with Crippen molar-refractivity contribution in [2.75, 3.05) is 6.61 Å². The second-order valence-electron chi connectivity index (χ2n) is 4.70. The lowest BCUT2D eigenvalue weighted by Gasteiger charge is -2.20. The molecular formula is C14H16N2O2. The van der Waals surface area contributed by atoms with E-state index in [0.29, 0.717) is 6.61 Å². The van der Waals surface area contributed by atoms with Crippen LogP contribution in [-0.4, -0.2) is 22.5 Å². The fourth-order valence-corrected chi connectivity index (χ4v) is 2.72. The van der Waals surface area contributed by atoms with Gasteiger partial charge in [0.1, 0.15) is 0 Å². The van der Waals surface area contributed by atoms with Gasteiger partial charge < -0.3 is 9.72 Å². The molecule has 0 fully saturated rings. The second kappa shape index (κ2) is 4.44. The molecule has 2 aromatic rings. The number of hydrogen-bond acceptors (Lipinski definition) is 3. The number of nitrogens with one attached hydrogen (secondary N) is 1. The van der Waals surface area contributed by atoms with Crippen LogP contribution in [0.2, 0.25) is 0 Å². The molecule has 2 aromatic heterocycles. The number of pyridine rings is 1. The van der Waals surface area contributed by atoms with Crippen molar-refractivity contribution < 1.29 is 9.53 Å². The summed E-state index contributed by atoms with van der Waals surface area (Å²) in [6.07, 6.45) is 6.20. The number of carbonyl (C=O) groups is 1. The summed E-state index contributed by atoms with van der Waals surface area (Å²) in [5.41, 5.74) is 3.60. The van der Waals surface area contributed by atoms with E-state index in [2.05, 4.69) is 9.97 Å². The zero-order valence-corrected chi connectivity index (χ0v) is 10.4. The highest BCUT2D eigenvalue weighted by Gasteiger charge is 2.28. The number of rotatable bonds is 2. The first-order valence-corrected chi connectivity index (χ1v) is 6.39. The Hall–Kier alpha value is -1.84. The van der Waals surface area contributed by atoms with E-state index >= 15 is 0 Å². The molecule has 0 amide bonds. The maximum Gasteiger partial charge on any atom is 0.309 e. The zero-order valence-electron chi connectivity index (χ0n) is 10.4. The molecule has 0 radical (unpaired) electrons. The molecule has 18 heavy (non-hydrogen) atoms. The quantitative estimate of drug-likeness (QED) is 0.824. The highest BCUT2D eigenvalue weighted by molar-refractivity contribution is 5.85. The Morgan fingerprint density at radius 1 is 1.61 bits per heavy atom. The minimum absolute atomic E-state index is 0.00310. The molecular weight excluding hydrogens is 228 g/mol. The molecule has 1 unspecified atom stereocenters. The highest BCUT2D eigenvalue weighted by atomic mass is 16.5. The fraction of sp³-hybridized carbons (Fsp3) is 0.429. The van der Waals surface area contributed by atoms with Crippen LogP contribution in [0.15, 0.2) is 18.5 Å². The summed E-state index contributed by atoms with van der Waals surface area (Å²) in [5.74, 6) is -0.0713. The summed E-state index contributed by atoms with van der Waals surface area (Å²) in [4.78, 5) is 19.4. The number of H-pyrrole nitrogens is 1. The van der Waals surface area contributed by atoms with Gasteiger partial charge in [-0.2, -0.15) is 0 Å². The van der Waals surface area contributed by atoms with Crippen LogP contribution in [0, 0.1) is 5.92 Å². The molecule has 0 saturated heterocycles. The van der Waals surface area contributed by atoms with Crippen LogP contribution in [0.25, 0.3) is 10.9 Å². The number of aromatic nitrogens is 2. The van der Waals surface area contributed by atoms with Crippen LogP contribution in [0.3, 0.4) is 0 Å². The van der Waals surface area contributed by atoms with Crippen LogP contribution in [0.4, 0.5) is 0 Å². The maximum atomic E-state index is 11.8. The third-order valence-electron chi connectivity index (χ3n) is 3.61. The second-order valence-corrected chi connectivity index (χ2v) is 4.70. The van der Waals surface area contributed by atoms with Gasteiger partial charge in [-0.3, -0.25) is 9.78 Å². The predicted octanol–water partition coefficient (Wildman–Crippen LogP) is 2.23. The lowest BCUT2D eigenvalue weighted by atomic mass is 9.86. The van der Waals surface area contributed by atoms with Crippen LogP contribution in [0.5, 0.6) is 0 Å². The van der Waals surface area contributed by atoms with Gasteiger partial charge in [-0.15, -0.1) is 0 Å². The van der Waals surface area contributed by atoms with Crippen molar-refractivity contribution in [3.05, 3.63) is 29.7 Å². The Morgan fingerprint density at radius 3 is 3.33 bits per heavy atom. The maximum absolute atomic E-state index is 11.8. The van der Waals surface area contributed by atoms with Gasteiger partial charge in [0.05, 0.1) is 12.5 Å². The molecule has 4 heteroatoms. The summed E-state index contributed by atoms with van der Waals surface area (Å²) < 4.78 is 5.12. The molecule has 4 nitrogen and oxygen atoms in total. The summed E-state index contributed by atoms with van der Waals surface area (Å²) in [6, 6.07) is 1.98. The number of aryl methyl sites for hydroxylation is 1. The van der Waals surface area contributed by atoms with Gasteiger partial charge in [0.2, 0.25) is 0 Å². The number of esters is 1. The fourth-order valence-electron chi connectivity index (χ4n) is 2.72. The van der Waals surface area contributed by atoms with Gasteiger partial charge in [0.25, 0.3) is 0 Å². The van der Waals surface area contributed by atoms with E-state index in [1.807, 2.05) is 19.2 Å². The van der Waals surface area contributed by atoms with E-state index in [1.54, 1.807) is 6.20 Å². The first kappa shape index (κ1) is 11.3. The van der Waals surface area contributed by atoms with E-state index in [9.17, 15) is 4.79 Å². The molecule has 0 spiro atoms. The van der Waals surface area contributed by atoms with Crippen molar-refractivity contribution in [1.29, 1.82) is 0 Å². The number of carbonyl (C=O) groups excluding carboxylic acids is 1. The molecule has 94 valence electrons. The third-order valence-corrected chi connectivity index (χ3v) is 3.61. The Morgan fingerprint density at radius 2 is 2.50 bits per heavy atom. The van der Waals surface area contributed by atoms with Crippen molar-refractivity contribution in [3.63, 3.8) is 0 Å². The molecule has 0 bridgehead atoms. The predicted molar refractivity (Wildman–Crippen MR) is 68.2 cm³/mol. The number of fused-ring (bicyclic) bond motifs is 3. The summed E-state index contributed by atoms with van der Waals surface area (Å²) in [5, 5.41) is 1.14. The number of nitrogens with zero attached hydrogens (tertiary/aromatic N) is 1. The van der Waals surface area contributed by atoms with Crippen molar-refractivity contribution >= 4 is 16.9 Å². The zero-order chi connectivity index (χ0) is 12.5. The van der Waals surface area contributed by atoms with E-state index < -0.39 is 0 Å². The largest absolute Gasteiger partial charge is 0.466 e.